The smallest absolute Gasteiger partial charge is 0.333 e. The molecular formula is C50H103NO5SSi. The lowest BCUT2D eigenvalue weighted by molar-refractivity contribution is -0.103. The Labute approximate surface area is 368 Å². The van der Waals surface area contributed by atoms with Crippen LogP contribution in [0, 0.1) is 0 Å². The third-order valence-corrected chi connectivity index (χ3v) is 14.6. The highest BCUT2D eigenvalue weighted by Crippen LogP contribution is 2.25. The van der Waals surface area contributed by atoms with Gasteiger partial charge in [-0.1, -0.05) is 181 Å². The minimum absolute atomic E-state index is 0.146. The first kappa shape index (κ1) is 58.1. The van der Waals surface area contributed by atoms with Gasteiger partial charge in [-0.3, -0.25) is 4.90 Å². The van der Waals surface area contributed by atoms with Gasteiger partial charge in [0.05, 0.1) is 19.8 Å². The van der Waals surface area contributed by atoms with Gasteiger partial charge in [-0.2, -0.15) is 11.8 Å². The highest BCUT2D eigenvalue weighted by atomic mass is 32.2. The summed E-state index contributed by atoms with van der Waals surface area (Å²) in [6, 6.07) is 0. The molecule has 8 heteroatoms. The summed E-state index contributed by atoms with van der Waals surface area (Å²) in [5.74, 6) is 1.25. The fourth-order valence-electron chi connectivity index (χ4n) is 7.70. The number of hydrogen-bond donors (Lipinski definition) is 2. The Bertz CT molecular complexity index is 815. The molecule has 0 aliphatic carbocycles. The molecular weight excluding hydrogens is 755 g/mol. The van der Waals surface area contributed by atoms with Crippen LogP contribution in [0.25, 0.3) is 0 Å². The Balaban J connectivity index is 4.97. The molecule has 0 bridgehead atoms. The summed E-state index contributed by atoms with van der Waals surface area (Å²) in [7, 11) is -2.36. The van der Waals surface area contributed by atoms with E-state index < -0.39 is 8.56 Å². The summed E-state index contributed by atoms with van der Waals surface area (Å²) < 4.78 is 20.1. The molecule has 2 unspecified atom stereocenters. The summed E-state index contributed by atoms with van der Waals surface area (Å²) >= 11 is 2.17. The van der Waals surface area contributed by atoms with E-state index in [1.807, 2.05) is 0 Å². The monoisotopic (exact) mass is 858 g/mol. The molecule has 0 aromatic carbocycles. The van der Waals surface area contributed by atoms with Gasteiger partial charge in [0, 0.05) is 24.9 Å². The quantitative estimate of drug-likeness (QED) is 0.0273. The maximum absolute atomic E-state index is 9.28. The molecule has 6 nitrogen and oxygen atoms in total. The topological polar surface area (TPSA) is 71.4 Å². The van der Waals surface area contributed by atoms with E-state index in [1.165, 1.54) is 179 Å². The van der Waals surface area contributed by atoms with Gasteiger partial charge in [-0.25, -0.2) is 0 Å². The highest BCUT2D eigenvalue weighted by molar-refractivity contribution is 7.99. The van der Waals surface area contributed by atoms with Crippen LogP contribution in [-0.2, 0) is 13.6 Å². The number of unbranched alkanes of at least 4 members (excludes halogenated alkanes) is 26. The molecule has 0 aliphatic heterocycles. The molecule has 0 aromatic heterocycles. The van der Waals surface area contributed by atoms with Crippen LogP contribution in [0.3, 0.4) is 0 Å². The molecule has 0 aliphatic rings. The molecule has 0 spiro atoms. The zero-order valence-corrected chi connectivity index (χ0v) is 41.6. The lowest BCUT2D eigenvalue weighted by Gasteiger charge is -2.30. The minimum atomic E-state index is -2.36. The van der Waals surface area contributed by atoms with Crippen LogP contribution >= 0.6 is 11.8 Å². The van der Waals surface area contributed by atoms with Gasteiger partial charge in [0.25, 0.3) is 0 Å². The standard InChI is InChI=1S/C50H103NO5SSi/c1-6-9-12-15-18-20-21-22-23-24-25-26-27-30-35-40-50(56-58(4,5)55-46-37-32-31-36-41-51(42-44-52)43-45-53)54-48-49(39-34-29-17-14-11-8-3)57-47-38-33-28-19-16-13-10-7-2/h22-23,49-50,52-53H,6-21,24-48H2,1-5H3/b23-22-. The molecule has 0 radical (unpaired) electrons. The van der Waals surface area contributed by atoms with Gasteiger partial charge in [0.2, 0.25) is 0 Å². The van der Waals surface area contributed by atoms with Gasteiger partial charge < -0.3 is 23.8 Å². The van der Waals surface area contributed by atoms with Gasteiger partial charge in [-0.05, 0) is 89.6 Å². The van der Waals surface area contributed by atoms with E-state index in [9.17, 15) is 10.2 Å². The van der Waals surface area contributed by atoms with Gasteiger partial charge in [-0.15, -0.1) is 0 Å². The summed E-state index contributed by atoms with van der Waals surface area (Å²) in [5, 5.41) is 19.1. The number of allylic oxidation sites excluding steroid dienone is 2. The highest BCUT2D eigenvalue weighted by Gasteiger charge is 2.29. The lowest BCUT2D eigenvalue weighted by atomic mass is 10.1. The molecule has 0 saturated heterocycles. The van der Waals surface area contributed by atoms with Crippen molar-refractivity contribution in [1.82, 2.24) is 4.90 Å². The van der Waals surface area contributed by atoms with Crippen molar-refractivity contribution >= 4 is 20.3 Å². The molecule has 0 aromatic rings. The average Bonchev–Trinajstić information content (AvgIpc) is 3.21. The van der Waals surface area contributed by atoms with Crippen molar-refractivity contribution in [3.05, 3.63) is 12.2 Å². The van der Waals surface area contributed by atoms with E-state index in [0.717, 1.165) is 58.3 Å². The number of hydrogen-bond acceptors (Lipinski definition) is 7. The Morgan fingerprint density at radius 2 is 0.966 bits per heavy atom. The van der Waals surface area contributed by atoms with E-state index in [4.69, 9.17) is 13.6 Å². The first-order valence-electron chi connectivity index (χ1n) is 25.6. The molecule has 348 valence electrons. The second-order valence-corrected chi connectivity index (χ2v) is 22.5. The third-order valence-electron chi connectivity index (χ3n) is 11.5. The van der Waals surface area contributed by atoms with Crippen LogP contribution in [-0.4, -0.2) is 87.0 Å². The number of thioether (sulfide) groups is 1. The maximum Gasteiger partial charge on any atom is 0.333 e. The average molecular weight is 859 g/mol. The van der Waals surface area contributed by atoms with Crippen LogP contribution in [0.15, 0.2) is 12.2 Å². The molecule has 0 saturated carbocycles. The van der Waals surface area contributed by atoms with Crippen LogP contribution in [0.2, 0.25) is 13.1 Å². The Hall–Kier alpha value is 0.0669. The van der Waals surface area contributed by atoms with Crippen molar-refractivity contribution < 1.29 is 23.8 Å². The molecule has 0 rings (SSSR count). The number of aliphatic hydroxyl groups excluding tert-OH is 2. The summed E-state index contributed by atoms with van der Waals surface area (Å²) in [5.41, 5.74) is 0. The fraction of sp³-hybridized carbons (Fsp3) is 0.960. The van der Waals surface area contributed by atoms with Crippen molar-refractivity contribution in [2.75, 3.05) is 51.8 Å². The van der Waals surface area contributed by atoms with Crippen LogP contribution in [0.1, 0.15) is 233 Å². The van der Waals surface area contributed by atoms with Crippen LogP contribution in [0.4, 0.5) is 0 Å². The Morgan fingerprint density at radius 1 is 0.517 bits per heavy atom. The third kappa shape index (κ3) is 42.7. The summed E-state index contributed by atoms with van der Waals surface area (Å²) in [4.78, 5) is 2.14. The SMILES string of the molecule is CCCCCCCC/C=C\CCCCCCCC(OCC(CCCCCCCC)SCCCCCCCCCC)O[Si](C)(C)OCCCCCCN(CCO)CCO. The van der Waals surface area contributed by atoms with Crippen molar-refractivity contribution in [2.45, 2.75) is 257 Å². The second-order valence-electron chi connectivity index (χ2n) is 17.7. The number of aliphatic hydroxyl groups is 2. The van der Waals surface area contributed by atoms with E-state index in [2.05, 4.69) is 62.7 Å². The van der Waals surface area contributed by atoms with Crippen molar-refractivity contribution in [2.24, 2.45) is 0 Å². The largest absolute Gasteiger partial charge is 0.395 e. The molecule has 0 heterocycles. The number of rotatable bonds is 49. The maximum atomic E-state index is 9.28. The number of nitrogens with zero attached hydrogens (tertiary/aromatic N) is 1. The summed E-state index contributed by atoms with van der Waals surface area (Å²) in [6.07, 6.45) is 47.5. The molecule has 0 fully saturated rings. The Morgan fingerprint density at radius 3 is 1.50 bits per heavy atom. The van der Waals surface area contributed by atoms with Gasteiger partial charge in [0.1, 0.15) is 6.29 Å². The van der Waals surface area contributed by atoms with Crippen LogP contribution < -0.4 is 0 Å². The first-order valence-corrected chi connectivity index (χ1v) is 29.4. The van der Waals surface area contributed by atoms with E-state index in [0.29, 0.717) is 18.3 Å². The van der Waals surface area contributed by atoms with Crippen molar-refractivity contribution in [3.8, 4) is 0 Å². The van der Waals surface area contributed by atoms with E-state index in [1.54, 1.807) is 0 Å². The predicted octanol–water partition coefficient (Wildman–Crippen LogP) is 14.9. The molecule has 2 N–H and O–H groups in total. The van der Waals surface area contributed by atoms with Crippen molar-refractivity contribution in [1.29, 1.82) is 0 Å². The Kier molecular flexibility index (Phi) is 46.6. The zero-order chi connectivity index (χ0) is 42.5. The van der Waals surface area contributed by atoms with Crippen molar-refractivity contribution in [3.63, 3.8) is 0 Å². The fourth-order valence-corrected chi connectivity index (χ4v) is 10.4. The van der Waals surface area contributed by atoms with Crippen LogP contribution in [0.5, 0.6) is 0 Å². The van der Waals surface area contributed by atoms with Gasteiger partial charge in [0.15, 0.2) is 0 Å². The lowest BCUT2D eigenvalue weighted by Crippen LogP contribution is -2.41. The van der Waals surface area contributed by atoms with E-state index >= 15 is 0 Å². The van der Waals surface area contributed by atoms with Gasteiger partial charge >= 0.3 is 8.56 Å². The normalized spacial score (nSPS) is 13.4. The molecule has 2 atom stereocenters. The molecule has 0 amide bonds. The zero-order valence-electron chi connectivity index (χ0n) is 39.8. The first-order chi connectivity index (χ1) is 28.4. The van der Waals surface area contributed by atoms with E-state index in [-0.39, 0.29) is 19.5 Å². The second kappa shape index (κ2) is 46.6. The number of ether oxygens (including phenoxy) is 1. The summed E-state index contributed by atoms with van der Waals surface area (Å²) in [6.45, 7) is 15.3. The minimum Gasteiger partial charge on any atom is -0.395 e. The molecule has 58 heavy (non-hydrogen) atoms. The predicted molar refractivity (Wildman–Crippen MR) is 260 cm³/mol.